The standard InChI is InChI=1S/C18H23N3O3S2/c1-26(23,24)21-12-10-19(11-13-21)17(22)16-14-6-2-3-7-15(14)25-18(16)20-8-4-5-9-20/h4-5,8-9H,2-3,6-7,10-13H2,1H3. The van der Waals surface area contributed by atoms with E-state index in [0.717, 1.165) is 29.8 Å². The van der Waals surface area contributed by atoms with Gasteiger partial charge in [0.15, 0.2) is 0 Å². The van der Waals surface area contributed by atoms with Gasteiger partial charge >= 0.3 is 0 Å². The summed E-state index contributed by atoms with van der Waals surface area (Å²) in [5.74, 6) is 0.0428. The third kappa shape index (κ3) is 3.21. The number of hydrogen-bond donors (Lipinski definition) is 0. The van der Waals surface area contributed by atoms with Crippen LogP contribution in [0.3, 0.4) is 0 Å². The molecule has 1 amide bonds. The maximum atomic E-state index is 13.4. The molecule has 0 saturated carbocycles. The van der Waals surface area contributed by atoms with Crippen LogP contribution in [0.1, 0.15) is 33.6 Å². The van der Waals surface area contributed by atoms with Crippen LogP contribution in [0.2, 0.25) is 0 Å². The molecule has 1 aliphatic heterocycles. The van der Waals surface area contributed by atoms with Crippen molar-refractivity contribution in [2.45, 2.75) is 25.7 Å². The van der Waals surface area contributed by atoms with E-state index in [4.69, 9.17) is 0 Å². The molecule has 0 unspecified atom stereocenters. The lowest BCUT2D eigenvalue weighted by molar-refractivity contribution is 0.0697. The molecule has 0 spiro atoms. The average molecular weight is 394 g/mol. The molecule has 1 aliphatic carbocycles. The van der Waals surface area contributed by atoms with Crippen LogP contribution in [0, 0.1) is 0 Å². The van der Waals surface area contributed by atoms with Gasteiger partial charge in [-0.1, -0.05) is 0 Å². The molecule has 0 aromatic carbocycles. The van der Waals surface area contributed by atoms with E-state index in [-0.39, 0.29) is 5.91 Å². The van der Waals surface area contributed by atoms with Crippen molar-refractivity contribution in [2.75, 3.05) is 32.4 Å². The third-order valence-electron chi connectivity index (χ3n) is 5.20. The highest BCUT2D eigenvalue weighted by Crippen LogP contribution is 2.37. The van der Waals surface area contributed by atoms with Gasteiger partial charge in [0.1, 0.15) is 5.00 Å². The van der Waals surface area contributed by atoms with Crippen LogP contribution < -0.4 is 0 Å². The first kappa shape index (κ1) is 17.8. The second kappa shape index (κ2) is 6.83. The molecule has 1 saturated heterocycles. The monoisotopic (exact) mass is 393 g/mol. The molecule has 2 aliphatic rings. The van der Waals surface area contributed by atoms with Crippen LogP contribution in [-0.4, -0.2) is 60.5 Å². The van der Waals surface area contributed by atoms with Gasteiger partial charge in [-0.3, -0.25) is 4.79 Å². The molecule has 3 heterocycles. The lowest BCUT2D eigenvalue weighted by Crippen LogP contribution is -2.50. The molecular formula is C18H23N3O3S2. The first-order valence-electron chi connectivity index (χ1n) is 8.97. The summed E-state index contributed by atoms with van der Waals surface area (Å²) < 4.78 is 26.9. The van der Waals surface area contributed by atoms with Crippen LogP contribution in [0.5, 0.6) is 0 Å². The highest BCUT2D eigenvalue weighted by molar-refractivity contribution is 7.88. The van der Waals surface area contributed by atoms with Gasteiger partial charge in [-0.05, 0) is 43.4 Å². The number of carbonyl (C=O) groups is 1. The molecule has 0 radical (unpaired) electrons. The van der Waals surface area contributed by atoms with Gasteiger partial charge in [-0.2, -0.15) is 4.31 Å². The smallest absolute Gasteiger partial charge is 0.257 e. The van der Waals surface area contributed by atoms with E-state index in [2.05, 4.69) is 0 Å². The fourth-order valence-corrected chi connectivity index (χ4v) is 5.98. The van der Waals surface area contributed by atoms with E-state index >= 15 is 0 Å². The minimum Gasteiger partial charge on any atom is -0.336 e. The number of rotatable bonds is 3. The molecule has 2 aromatic rings. The highest BCUT2D eigenvalue weighted by atomic mass is 32.2. The Morgan fingerprint density at radius 1 is 1.04 bits per heavy atom. The van der Waals surface area contributed by atoms with Gasteiger partial charge < -0.3 is 9.47 Å². The van der Waals surface area contributed by atoms with Crippen molar-refractivity contribution < 1.29 is 13.2 Å². The number of carbonyl (C=O) groups excluding carboxylic acids is 1. The van der Waals surface area contributed by atoms with Gasteiger partial charge in [-0.25, -0.2) is 8.42 Å². The van der Waals surface area contributed by atoms with Crippen LogP contribution in [-0.2, 0) is 22.9 Å². The van der Waals surface area contributed by atoms with E-state index < -0.39 is 10.0 Å². The molecule has 4 rings (SSSR count). The maximum absolute atomic E-state index is 13.4. The second-order valence-electron chi connectivity index (χ2n) is 6.94. The van der Waals surface area contributed by atoms with E-state index in [1.54, 1.807) is 11.3 Å². The Morgan fingerprint density at radius 2 is 1.69 bits per heavy atom. The van der Waals surface area contributed by atoms with Gasteiger partial charge in [0.05, 0.1) is 11.8 Å². The van der Waals surface area contributed by atoms with Gasteiger partial charge in [0.2, 0.25) is 10.0 Å². The van der Waals surface area contributed by atoms with Gasteiger partial charge in [-0.15, -0.1) is 11.3 Å². The molecule has 6 nitrogen and oxygen atoms in total. The predicted octanol–water partition coefficient (Wildman–Crippen LogP) is 2.13. The Morgan fingerprint density at radius 3 is 2.35 bits per heavy atom. The predicted molar refractivity (Wildman–Crippen MR) is 103 cm³/mol. The number of nitrogens with zero attached hydrogens (tertiary/aromatic N) is 3. The Labute approximate surface area is 158 Å². The quantitative estimate of drug-likeness (QED) is 0.803. The normalized spacial score (nSPS) is 18.7. The third-order valence-corrected chi connectivity index (χ3v) is 7.81. The Bertz CT molecular complexity index is 908. The largest absolute Gasteiger partial charge is 0.336 e. The number of aromatic nitrogens is 1. The van der Waals surface area contributed by atoms with Crippen molar-refractivity contribution in [3.63, 3.8) is 0 Å². The molecule has 8 heteroatoms. The first-order chi connectivity index (χ1) is 12.4. The van der Waals surface area contributed by atoms with Crippen LogP contribution in [0.25, 0.3) is 5.00 Å². The number of hydrogen-bond acceptors (Lipinski definition) is 4. The SMILES string of the molecule is CS(=O)(=O)N1CCN(C(=O)c2c(-n3cccc3)sc3c2CCCC3)CC1. The number of sulfonamides is 1. The van der Waals surface area contributed by atoms with E-state index in [0.29, 0.717) is 26.2 Å². The molecule has 0 atom stereocenters. The summed E-state index contributed by atoms with van der Waals surface area (Å²) in [6.07, 6.45) is 9.49. The van der Waals surface area contributed by atoms with Crippen molar-refractivity contribution in [2.24, 2.45) is 0 Å². The first-order valence-corrected chi connectivity index (χ1v) is 11.6. The number of fused-ring (bicyclic) bond motifs is 1. The molecule has 140 valence electrons. The second-order valence-corrected chi connectivity index (χ2v) is 10.0. The highest BCUT2D eigenvalue weighted by Gasteiger charge is 2.32. The molecule has 1 fully saturated rings. The fraction of sp³-hybridized carbons (Fsp3) is 0.500. The maximum Gasteiger partial charge on any atom is 0.257 e. The van der Waals surface area contributed by atoms with Crippen molar-refractivity contribution in [1.29, 1.82) is 0 Å². The van der Waals surface area contributed by atoms with Crippen molar-refractivity contribution >= 4 is 27.3 Å². The zero-order valence-corrected chi connectivity index (χ0v) is 16.5. The topological polar surface area (TPSA) is 62.6 Å². The summed E-state index contributed by atoms with van der Waals surface area (Å²) in [5, 5.41) is 0.998. The zero-order chi connectivity index (χ0) is 18.3. The van der Waals surface area contributed by atoms with Crippen LogP contribution in [0.15, 0.2) is 24.5 Å². The average Bonchev–Trinajstić information content (AvgIpc) is 3.28. The minimum atomic E-state index is -3.19. The molecule has 0 bridgehead atoms. The Balaban J connectivity index is 1.65. The molecule has 26 heavy (non-hydrogen) atoms. The molecular weight excluding hydrogens is 370 g/mol. The number of aryl methyl sites for hydroxylation is 1. The van der Waals surface area contributed by atoms with Crippen LogP contribution in [0.4, 0.5) is 0 Å². The summed E-state index contributed by atoms with van der Waals surface area (Å²) in [7, 11) is -3.19. The van der Waals surface area contributed by atoms with E-state index in [9.17, 15) is 13.2 Å². The minimum absolute atomic E-state index is 0.0428. The lowest BCUT2D eigenvalue weighted by atomic mass is 9.95. The number of piperazine rings is 1. The molecule has 0 N–H and O–H groups in total. The number of amides is 1. The Kier molecular flexibility index (Phi) is 4.66. The van der Waals surface area contributed by atoms with Crippen molar-refractivity contribution in [3.05, 3.63) is 40.5 Å². The summed E-state index contributed by atoms with van der Waals surface area (Å²) in [6.45, 7) is 1.63. The van der Waals surface area contributed by atoms with Crippen molar-refractivity contribution in [1.82, 2.24) is 13.8 Å². The summed E-state index contributed by atoms with van der Waals surface area (Å²) in [4.78, 5) is 16.5. The summed E-state index contributed by atoms with van der Waals surface area (Å²) >= 11 is 1.73. The van der Waals surface area contributed by atoms with Gasteiger partial charge in [0.25, 0.3) is 5.91 Å². The number of thiophene rings is 1. The van der Waals surface area contributed by atoms with Crippen LogP contribution >= 0.6 is 11.3 Å². The zero-order valence-electron chi connectivity index (χ0n) is 14.8. The lowest BCUT2D eigenvalue weighted by Gasteiger charge is -2.33. The van der Waals surface area contributed by atoms with Crippen molar-refractivity contribution in [3.8, 4) is 5.00 Å². The Hall–Kier alpha value is -1.64. The van der Waals surface area contributed by atoms with E-state index in [1.165, 1.54) is 27.4 Å². The summed E-state index contributed by atoms with van der Waals surface area (Å²) in [6, 6.07) is 3.94. The van der Waals surface area contributed by atoms with E-state index in [1.807, 2.05) is 34.0 Å². The summed E-state index contributed by atoms with van der Waals surface area (Å²) in [5.41, 5.74) is 2.04. The molecule has 2 aromatic heterocycles. The fourth-order valence-electron chi connectivity index (χ4n) is 3.80. The van der Waals surface area contributed by atoms with Gasteiger partial charge in [0, 0.05) is 43.4 Å².